The first-order valence-corrected chi connectivity index (χ1v) is 23.8. The van der Waals surface area contributed by atoms with Crippen molar-refractivity contribution in [2.75, 3.05) is 87.4 Å². The van der Waals surface area contributed by atoms with Crippen LogP contribution in [0.1, 0.15) is 48.0 Å². The molecule has 1 atom stereocenters. The number of allylic oxidation sites excluding steroid dienone is 1. The van der Waals surface area contributed by atoms with E-state index in [1.165, 1.54) is 12.1 Å². The first-order chi connectivity index (χ1) is 31.8. The fourth-order valence-corrected chi connectivity index (χ4v) is 10.1. The van der Waals surface area contributed by atoms with E-state index in [0.717, 1.165) is 33.8 Å². The molecule has 0 bridgehead atoms. The second kappa shape index (κ2) is 19.2. The minimum absolute atomic E-state index is 0.0392. The molecular weight excluding hydrogens is 898 g/mol. The van der Waals surface area contributed by atoms with Crippen LogP contribution < -0.4 is 24.6 Å². The number of fused-ring (bicyclic) bond motifs is 2. The Kier molecular flexibility index (Phi) is 13.2. The molecule has 2 saturated heterocycles. The van der Waals surface area contributed by atoms with Gasteiger partial charge in [0.1, 0.15) is 17.0 Å². The van der Waals surface area contributed by atoms with Crippen molar-refractivity contribution in [3.05, 3.63) is 111 Å². The van der Waals surface area contributed by atoms with Crippen LogP contribution in [0.15, 0.2) is 89.5 Å². The average Bonchev–Trinajstić information content (AvgIpc) is 3.60. The number of alkyl halides is 2. The lowest BCUT2D eigenvalue weighted by Gasteiger charge is -2.37. The zero-order valence-corrected chi connectivity index (χ0v) is 37.5. The highest BCUT2D eigenvalue weighted by atomic mass is 35.5. The molecular formula is C46H49ClF2N8O8S. The fraction of sp³-hybridized carbons (Fsp3) is 0.391. The second-order valence-corrected chi connectivity index (χ2v) is 18.9. The molecule has 66 heavy (non-hydrogen) atoms. The van der Waals surface area contributed by atoms with Crippen LogP contribution in [-0.2, 0) is 19.5 Å². The number of piperazine rings is 1. The number of pyridine rings is 1. The third-order valence-electron chi connectivity index (χ3n) is 12.5. The summed E-state index contributed by atoms with van der Waals surface area (Å²) in [6.07, 6.45) is 2.14. The van der Waals surface area contributed by atoms with Crippen LogP contribution in [0.4, 0.5) is 37.2 Å². The van der Waals surface area contributed by atoms with Crippen molar-refractivity contribution in [3.63, 3.8) is 0 Å². The highest BCUT2D eigenvalue weighted by Gasteiger charge is 2.34. The van der Waals surface area contributed by atoms with Crippen LogP contribution >= 0.6 is 11.6 Å². The Bertz CT molecular complexity index is 2760. The molecule has 3 aromatic carbocycles. The van der Waals surface area contributed by atoms with Gasteiger partial charge in [0.15, 0.2) is 0 Å². The number of anilines is 4. The molecule has 9 rings (SSSR count). The van der Waals surface area contributed by atoms with Crippen molar-refractivity contribution in [3.8, 4) is 5.88 Å². The molecule has 0 saturated carbocycles. The van der Waals surface area contributed by atoms with Gasteiger partial charge in [-0.05, 0) is 85.0 Å². The van der Waals surface area contributed by atoms with Gasteiger partial charge in [-0.25, -0.2) is 21.9 Å². The predicted molar refractivity (Wildman–Crippen MR) is 247 cm³/mol. The van der Waals surface area contributed by atoms with E-state index in [-0.39, 0.29) is 43.2 Å². The number of aromatic nitrogens is 2. The third kappa shape index (κ3) is 10.1. The maximum absolute atomic E-state index is 14.7. The van der Waals surface area contributed by atoms with Crippen LogP contribution in [0.3, 0.4) is 0 Å². The summed E-state index contributed by atoms with van der Waals surface area (Å²) < 4.78 is 76.5. The summed E-state index contributed by atoms with van der Waals surface area (Å²) in [4.78, 5) is 39.5. The lowest BCUT2D eigenvalue weighted by Crippen LogP contribution is -2.47. The Labute approximate surface area is 385 Å². The summed E-state index contributed by atoms with van der Waals surface area (Å²) >= 11 is 6.17. The van der Waals surface area contributed by atoms with Gasteiger partial charge < -0.3 is 34.3 Å². The summed E-state index contributed by atoms with van der Waals surface area (Å²) in [6.45, 7) is 5.12. The molecule has 0 unspecified atom stereocenters. The molecule has 16 nitrogen and oxygen atoms in total. The van der Waals surface area contributed by atoms with Crippen molar-refractivity contribution in [2.24, 2.45) is 0 Å². The molecule has 3 N–H and O–H groups in total. The van der Waals surface area contributed by atoms with E-state index in [4.69, 9.17) is 30.8 Å². The maximum atomic E-state index is 14.7. The highest BCUT2D eigenvalue weighted by molar-refractivity contribution is 7.90. The number of aromatic amines is 1. The van der Waals surface area contributed by atoms with Crippen molar-refractivity contribution >= 4 is 72.6 Å². The number of rotatable bonds is 12. The first kappa shape index (κ1) is 45.3. The van der Waals surface area contributed by atoms with Gasteiger partial charge in [0.2, 0.25) is 11.8 Å². The second-order valence-electron chi connectivity index (χ2n) is 16.8. The Hall–Kier alpha value is -5.86. The Balaban J connectivity index is 0.986. The van der Waals surface area contributed by atoms with E-state index >= 15 is 0 Å². The van der Waals surface area contributed by atoms with E-state index in [1.807, 2.05) is 35.2 Å². The monoisotopic (exact) mass is 946 g/mol. The summed E-state index contributed by atoms with van der Waals surface area (Å²) in [5.41, 5.74) is 4.88. The molecule has 3 aliphatic heterocycles. The number of amides is 1. The summed E-state index contributed by atoms with van der Waals surface area (Å²) in [5.74, 6) is -3.34. The number of carbonyl (C=O) groups excluding carboxylic acids is 1. The molecule has 1 aliphatic carbocycles. The molecule has 2 fully saturated rings. The normalized spacial score (nSPS) is 19.4. The van der Waals surface area contributed by atoms with E-state index in [9.17, 15) is 32.1 Å². The average molecular weight is 947 g/mol. The Morgan fingerprint density at radius 3 is 2.53 bits per heavy atom. The van der Waals surface area contributed by atoms with Gasteiger partial charge >= 0.3 is 0 Å². The van der Waals surface area contributed by atoms with Crippen molar-refractivity contribution in [2.45, 2.75) is 49.0 Å². The number of H-pyrrole nitrogens is 1. The van der Waals surface area contributed by atoms with Gasteiger partial charge in [-0.15, -0.1) is 0 Å². The highest BCUT2D eigenvalue weighted by Crippen LogP contribution is 2.42. The summed E-state index contributed by atoms with van der Waals surface area (Å²) in [6, 6.07) is 19.7. The number of benzene rings is 3. The molecule has 1 amide bonds. The van der Waals surface area contributed by atoms with Crippen molar-refractivity contribution in [1.82, 2.24) is 19.6 Å². The largest absolute Gasteiger partial charge is 0.476 e. The van der Waals surface area contributed by atoms with Gasteiger partial charge in [-0.3, -0.25) is 19.8 Å². The number of nitro groups is 1. The Morgan fingerprint density at radius 1 is 0.955 bits per heavy atom. The summed E-state index contributed by atoms with van der Waals surface area (Å²) in [7, 11) is -4.64. The number of halogens is 3. The lowest BCUT2D eigenvalue weighted by molar-refractivity contribution is -0.384. The number of carbonyl (C=O) groups is 1. The molecule has 0 spiro atoms. The maximum Gasteiger partial charge on any atom is 0.293 e. The quantitative estimate of drug-likeness (QED) is 0.0815. The van der Waals surface area contributed by atoms with Crippen LogP contribution in [0, 0.1) is 10.1 Å². The topological polar surface area (TPSA) is 185 Å². The lowest BCUT2D eigenvalue weighted by atomic mass is 9.95. The predicted octanol–water partition coefficient (Wildman–Crippen LogP) is 7.78. The molecule has 20 heteroatoms. The fourth-order valence-electron chi connectivity index (χ4n) is 8.94. The summed E-state index contributed by atoms with van der Waals surface area (Å²) in [5, 5.41) is 16.5. The zero-order chi connectivity index (χ0) is 46.0. The minimum atomic E-state index is -4.64. The molecule has 5 aromatic rings. The number of hydrogen-bond acceptors (Lipinski definition) is 13. The standard InChI is InChI=1S/C46H49ClF2N8O8S/c47-33-4-2-30(3-5-33)37-11-14-46(48,49)13-10-32(37)28-54-17-19-55(20-18-54)34-6-8-38(40(25-34)56-16-1-21-65-45-42(56)24-31-12-15-50-43(31)52-45)44(58)53-66(61,62)36-7-9-39(41(26-36)57(59)60)51-27-35-29-63-22-23-64-35/h2-9,12,15,24-26,35,51H,1,10-11,13-14,16-23,27-29H2,(H,50,52)(H,53,58)/t35-/m0/s1. The molecule has 5 heterocycles. The van der Waals surface area contributed by atoms with E-state index in [1.54, 1.807) is 30.5 Å². The van der Waals surface area contributed by atoms with Crippen molar-refractivity contribution < 1.29 is 41.1 Å². The van der Waals surface area contributed by atoms with Gasteiger partial charge in [0, 0.05) is 87.0 Å². The van der Waals surface area contributed by atoms with Crippen molar-refractivity contribution in [1.29, 1.82) is 0 Å². The van der Waals surface area contributed by atoms with Crippen LogP contribution in [-0.4, -0.2) is 118 Å². The third-order valence-corrected chi connectivity index (χ3v) is 14.0. The van der Waals surface area contributed by atoms with Crippen LogP contribution in [0.5, 0.6) is 5.88 Å². The Morgan fingerprint density at radius 2 is 1.76 bits per heavy atom. The van der Waals surface area contributed by atoms with E-state index < -0.39 is 37.4 Å². The van der Waals surface area contributed by atoms with E-state index in [0.29, 0.717) is 106 Å². The van der Waals surface area contributed by atoms with E-state index in [2.05, 4.69) is 24.8 Å². The number of nitro benzene ring substituents is 1. The molecule has 0 radical (unpaired) electrons. The zero-order valence-electron chi connectivity index (χ0n) is 35.9. The number of hydrogen-bond donors (Lipinski definition) is 3. The van der Waals surface area contributed by atoms with Gasteiger partial charge in [-0.1, -0.05) is 29.3 Å². The minimum Gasteiger partial charge on any atom is -0.476 e. The number of nitrogens with one attached hydrogen (secondary N) is 3. The van der Waals surface area contributed by atoms with Crippen LogP contribution in [0.2, 0.25) is 5.02 Å². The number of nitrogens with zero attached hydrogens (tertiary/aromatic N) is 5. The number of sulfonamides is 1. The first-order valence-electron chi connectivity index (χ1n) is 21.9. The SMILES string of the molecule is O=C(NS(=O)(=O)c1ccc(NC[C@H]2COCCO2)c([N+](=O)[O-])c1)c1ccc(N2CCN(CC3=C(c4ccc(Cl)cc4)CCC(F)(F)CC3)CC2)cc1N1CCCOc2nc3[nH]ccc3cc21. The van der Waals surface area contributed by atoms with Gasteiger partial charge in [0.05, 0.1) is 53.6 Å². The van der Waals surface area contributed by atoms with Crippen LogP contribution in [0.25, 0.3) is 16.6 Å². The molecule has 2 aromatic heterocycles. The smallest absolute Gasteiger partial charge is 0.293 e. The van der Waals surface area contributed by atoms with Gasteiger partial charge in [0.25, 0.3) is 21.6 Å². The number of ether oxygens (including phenoxy) is 3. The van der Waals surface area contributed by atoms with Gasteiger partial charge in [-0.2, -0.15) is 4.98 Å². The molecule has 348 valence electrons. The molecule has 4 aliphatic rings.